The number of ether oxygens (including phenoxy) is 2. The van der Waals surface area contributed by atoms with E-state index in [4.69, 9.17) is 9.47 Å². The van der Waals surface area contributed by atoms with Gasteiger partial charge >= 0.3 is 6.01 Å². The molecule has 0 saturated heterocycles. The second kappa shape index (κ2) is 7.40. The Morgan fingerprint density at radius 2 is 1.63 bits per heavy atom. The predicted octanol–water partition coefficient (Wildman–Crippen LogP) is 3.13. The molecule has 1 heterocycles. The van der Waals surface area contributed by atoms with Gasteiger partial charge in [-0.2, -0.15) is 4.98 Å². The first-order valence-corrected chi connectivity index (χ1v) is 10.3. The van der Waals surface area contributed by atoms with E-state index in [0.29, 0.717) is 11.5 Å². The summed E-state index contributed by atoms with van der Waals surface area (Å²) in [6.07, 6.45) is 1.10. The van der Waals surface area contributed by atoms with E-state index in [-0.39, 0.29) is 17.0 Å². The summed E-state index contributed by atoms with van der Waals surface area (Å²) >= 11 is 0. The maximum Gasteiger partial charge on any atom is 0.336 e. The lowest BCUT2D eigenvalue weighted by atomic mass is 10.2. The molecule has 0 fully saturated rings. The van der Waals surface area contributed by atoms with E-state index in [1.807, 2.05) is 38.1 Å². The zero-order chi connectivity index (χ0) is 19.6. The average molecular weight is 387 g/mol. The summed E-state index contributed by atoms with van der Waals surface area (Å²) in [4.78, 5) is 4.74. The summed E-state index contributed by atoms with van der Waals surface area (Å²) in [7, 11) is -1.66. The smallest absolute Gasteiger partial charge is 0.336 e. The lowest BCUT2D eigenvalue weighted by molar-refractivity contribution is 0.222. The molecule has 0 unspecified atom stereocenters. The highest BCUT2D eigenvalue weighted by molar-refractivity contribution is 7.90. The molecule has 0 saturated carbocycles. The highest BCUT2D eigenvalue weighted by atomic mass is 32.2. The first kappa shape index (κ1) is 18.9. The Balaban J connectivity index is 2.08. The molecule has 142 valence electrons. The molecule has 0 spiro atoms. The summed E-state index contributed by atoms with van der Waals surface area (Å²) in [5, 5.41) is 4.43. The van der Waals surface area contributed by atoms with Gasteiger partial charge in [0.1, 0.15) is 5.75 Å². The molecule has 0 radical (unpaired) electrons. The number of rotatable bonds is 6. The Morgan fingerprint density at radius 3 is 2.15 bits per heavy atom. The number of nitrogens with zero attached hydrogens (tertiary/aromatic N) is 3. The lowest BCUT2D eigenvalue weighted by Crippen LogP contribution is -2.07. The molecular weight excluding hydrogens is 366 g/mol. The quantitative estimate of drug-likeness (QED) is 0.646. The van der Waals surface area contributed by atoms with E-state index in [2.05, 4.69) is 10.1 Å². The number of hydrogen-bond donors (Lipinski definition) is 0. The van der Waals surface area contributed by atoms with Crippen molar-refractivity contribution in [1.82, 2.24) is 14.8 Å². The van der Waals surface area contributed by atoms with Crippen LogP contribution in [0.2, 0.25) is 0 Å². The predicted molar refractivity (Wildman–Crippen MR) is 102 cm³/mol. The van der Waals surface area contributed by atoms with Crippen LogP contribution in [0, 0.1) is 0 Å². The van der Waals surface area contributed by atoms with Crippen LogP contribution in [0.15, 0.2) is 53.4 Å². The summed E-state index contributed by atoms with van der Waals surface area (Å²) in [6.45, 7) is 3.79. The third-order valence-corrected chi connectivity index (χ3v) is 4.91. The zero-order valence-corrected chi connectivity index (χ0v) is 16.4. The van der Waals surface area contributed by atoms with Gasteiger partial charge in [0.15, 0.2) is 15.7 Å². The van der Waals surface area contributed by atoms with Gasteiger partial charge < -0.3 is 9.47 Å². The topological polar surface area (TPSA) is 83.3 Å². The monoisotopic (exact) mass is 387 g/mol. The Labute approximate surface area is 158 Å². The molecule has 7 nitrogen and oxygen atoms in total. The molecule has 3 aromatic rings. The van der Waals surface area contributed by atoms with Crippen molar-refractivity contribution in [1.29, 1.82) is 0 Å². The second-order valence-corrected chi connectivity index (χ2v) is 8.31. The van der Waals surface area contributed by atoms with Crippen LogP contribution in [-0.2, 0) is 9.84 Å². The van der Waals surface area contributed by atoms with Crippen molar-refractivity contribution >= 4 is 9.84 Å². The molecule has 3 rings (SSSR count). The van der Waals surface area contributed by atoms with Crippen molar-refractivity contribution in [3.63, 3.8) is 0 Å². The maximum atomic E-state index is 11.7. The van der Waals surface area contributed by atoms with Crippen LogP contribution < -0.4 is 9.47 Å². The number of sulfone groups is 1. The van der Waals surface area contributed by atoms with Gasteiger partial charge in [0.05, 0.1) is 23.8 Å². The highest BCUT2D eigenvalue weighted by Crippen LogP contribution is 2.26. The molecule has 1 aromatic heterocycles. The van der Waals surface area contributed by atoms with Crippen molar-refractivity contribution in [3.05, 3.63) is 48.5 Å². The summed E-state index contributed by atoms with van der Waals surface area (Å²) < 4.78 is 35.8. The van der Waals surface area contributed by atoms with Crippen LogP contribution in [0.3, 0.4) is 0 Å². The molecule has 27 heavy (non-hydrogen) atoms. The molecule has 0 bridgehead atoms. The van der Waals surface area contributed by atoms with Gasteiger partial charge in [0.2, 0.25) is 0 Å². The number of hydrogen-bond acceptors (Lipinski definition) is 6. The minimum atomic E-state index is -3.27. The largest absolute Gasteiger partial charge is 0.497 e. The van der Waals surface area contributed by atoms with Crippen molar-refractivity contribution in [2.75, 3.05) is 13.4 Å². The SMILES string of the molecule is COc1ccc(-c2nc(OC(C)C)nn2-c2ccc(S(C)(=O)=O)cc2)cc1. The van der Waals surface area contributed by atoms with Gasteiger partial charge in [-0.25, -0.2) is 13.1 Å². The van der Waals surface area contributed by atoms with E-state index >= 15 is 0 Å². The van der Waals surface area contributed by atoms with E-state index in [9.17, 15) is 8.42 Å². The first-order valence-electron chi connectivity index (χ1n) is 8.36. The van der Waals surface area contributed by atoms with Crippen molar-refractivity contribution in [2.45, 2.75) is 24.8 Å². The fourth-order valence-electron chi connectivity index (χ4n) is 2.50. The number of methoxy groups -OCH3 is 1. The van der Waals surface area contributed by atoms with Gasteiger partial charge in [0.25, 0.3) is 0 Å². The molecule has 8 heteroatoms. The van der Waals surface area contributed by atoms with E-state index in [0.717, 1.165) is 11.3 Å². The Kier molecular flexibility index (Phi) is 5.18. The fraction of sp³-hybridized carbons (Fsp3) is 0.263. The van der Waals surface area contributed by atoms with Crippen LogP contribution in [0.4, 0.5) is 0 Å². The molecule has 0 amide bonds. The van der Waals surface area contributed by atoms with E-state index < -0.39 is 9.84 Å². The Morgan fingerprint density at radius 1 is 1.00 bits per heavy atom. The van der Waals surface area contributed by atoms with Gasteiger partial charge in [0, 0.05) is 11.8 Å². The molecular formula is C19H21N3O4S. The van der Waals surface area contributed by atoms with Crippen LogP contribution >= 0.6 is 0 Å². The minimum absolute atomic E-state index is 0.0721. The van der Waals surface area contributed by atoms with Gasteiger partial charge in [-0.3, -0.25) is 0 Å². The summed E-state index contributed by atoms with van der Waals surface area (Å²) in [5.74, 6) is 1.32. The van der Waals surface area contributed by atoms with E-state index in [1.54, 1.807) is 36.1 Å². The van der Waals surface area contributed by atoms with Crippen LogP contribution in [0.5, 0.6) is 11.8 Å². The lowest BCUT2D eigenvalue weighted by Gasteiger charge is -2.07. The first-order chi connectivity index (χ1) is 12.8. The molecule has 0 atom stereocenters. The van der Waals surface area contributed by atoms with Crippen molar-refractivity contribution in [3.8, 4) is 28.8 Å². The average Bonchev–Trinajstić information content (AvgIpc) is 3.04. The number of aromatic nitrogens is 3. The van der Waals surface area contributed by atoms with Gasteiger partial charge in [-0.1, -0.05) is 0 Å². The highest BCUT2D eigenvalue weighted by Gasteiger charge is 2.16. The number of benzene rings is 2. The fourth-order valence-corrected chi connectivity index (χ4v) is 3.13. The second-order valence-electron chi connectivity index (χ2n) is 6.29. The third-order valence-electron chi connectivity index (χ3n) is 3.79. The third kappa shape index (κ3) is 4.28. The van der Waals surface area contributed by atoms with Crippen molar-refractivity contribution in [2.24, 2.45) is 0 Å². The molecule has 0 aliphatic heterocycles. The van der Waals surface area contributed by atoms with Gasteiger partial charge in [-0.05, 0) is 62.4 Å². The standard InChI is InChI=1S/C19H21N3O4S/c1-13(2)26-19-20-18(14-5-9-16(25-3)10-6-14)22(21-19)15-7-11-17(12-8-15)27(4,23)24/h5-13H,1-4H3. The van der Waals surface area contributed by atoms with Crippen LogP contribution in [0.25, 0.3) is 17.1 Å². The van der Waals surface area contributed by atoms with Gasteiger partial charge in [-0.15, -0.1) is 5.10 Å². The Bertz CT molecular complexity index is 1020. The molecule has 2 aromatic carbocycles. The van der Waals surface area contributed by atoms with Crippen molar-refractivity contribution < 1.29 is 17.9 Å². The maximum absolute atomic E-state index is 11.7. The molecule has 0 aliphatic rings. The molecule has 0 N–H and O–H groups in total. The molecule has 0 aliphatic carbocycles. The normalized spacial score (nSPS) is 11.6. The van der Waals surface area contributed by atoms with Crippen LogP contribution in [-0.4, -0.2) is 42.7 Å². The minimum Gasteiger partial charge on any atom is -0.497 e. The van der Waals surface area contributed by atoms with E-state index in [1.165, 1.54) is 6.26 Å². The zero-order valence-electron chi connectivity index (χ0n) is 15.6. The summed E-state index contributed by atoms with van der Waals surface area (Å²) in [5.41, 5.74) is 1.51. The van der Waals surface area contributed by atoms with Crippen LogP contribution in [0.1, 0.15) is 13.8 Å². The Hall–Kier alpha value is -2.87. The summed E-state index contributed by atoms with van der Waals surface area (Å²) in [6, 6.07) is 14.2.